The molecule has 3 heterocycles. The maximum Gasteiger partial charge on any atom is 0.435 e. The zero-order chi connectivity index (χ0) is 18.6. The predicted octanol–water partition coefficient (Wildman–Crippen LogP) is 3.72. The Morgan fingerprint density at radius 1 is 1.23 bits per heavy atom. The maximum absolute atomic E-state index is 13.2. The Morgan fingerprint density at radius 2 is 1.96 bits per heavy atom. The van der Waals surface area contributed by atoms with Crippen LogP contribution in [0.3, 0.4) is 0 Å². The van der Waals surface area contributed by atoms with E-state index in [0.717, 1.165) is 11.8 Å². The summed E-state index contributed by atoms with van der Waals surface area (Å²) in [5, 5.41) is 10.9. The molecule has 1 saturated carbocycles. The standard InChI is InChI=1S/C18H17ClF3N3O/c19-13-4-14(15(24-7-13)18(20,21)22)25-10-16(11-25)8-17(26,9-16)5-12-2-1-3-23-6-12/h1-4,6-7,26H,5,8-11H2. The quantitative estimate of drug-likeness (QED) is 0.877. The molecule has 1 aliphatic heterocycles. The van der Waals surface area contributed by atoms with Crippen molar-refractivity contribution in [2.75, 3.05) is 18.0 Å². The fraction of sp³-hybridized carbons (Fsp3) is 0.444. The molecule has 2 fully saturated rings. The zero-order valence-electron chi connectivity index (χ0n) is 13.8. The molecular weight excluding hydrogens is 367 g/mol. The molecule has 8 heteroatoms. The minimum absolute atomic E-state index is 0.0123. The van der Waals surface area contributed by atoms with Crippen LogP contribution in [0.25, 0.3) is 0 Å². The second-order valence-corrected chi connectivity index (χ2v) is 7.93. The van der Waals surface area contributed by atoms with Crippen molar-refractivity contribution in [3.05, 3.63) is 53.1 Å². The smallest absolute Gasteiger partial charge is 0.389 e. The van der Waals surface area contributed by atoms with Gasteiger partial charge in [-0.25, -0.2) is 4.98 Å². The molecule has 1 N–H and O–H groups in total. The third-order valence-corrected chi connectivity index (χ3v) is 5.37. The predicted molar refractivity (Wildman–Crippen MR) is 91.0 cm³/mol. The number of halogens is 4. The first-order valence-corrected chi connectivity index (χ1v) is 8.65. The number of rotatable bonds is 3. The van der Waals surface area contributed by atoms with Gasteiger partial charge in [0.25, 0.3) is 0 Å². The Morgan fingerprint density at radius 3 is 2.58 bits per heavy atom. The van der Waals surface area contributed by atoms with E-state index in [1.807, 2.05) is 12.1 Å². The lowest BCUT2D eigenvalue weighted by Gasteiger charge is -2.63. The van der Waals surface area contributed by atoms with E-state index in [0.29, 0.717) is 32.4 Å². The molecule has 138 valence electrons. The van der Waals surface area contributed by atoms with Crippen molar-refractivity contribution in [1.29, 1.82) is 0 Å². The summed E-state index contributed by atoms with van der Waals surface area (Å²) in [6.45, 7) is 0.931. The minimum Gasteiger partial charge on any atom is -0.389 e. The lowest BCUT2D eigenvalue weighted by Crippen LogP contribution is -2.69. The summed E-state index contributed by atoms with van der Waals surface area (Å²) >= 11 is 5.84. The second kappa shape index (κ2) is 5.82. The van der Waals surface area contributed by atoms with Gasteiger partial charge in [-0.05, 0) is 30.5 Å². The van der Waals surface area contributed by atoms with E-state index in [-0.39, 0.29) is 16.1 Å². The first-order chi connectivity index (χ1) is 12.2. The summed E-state index contributed by atoms with van der Waals surface area (Å²) in [6.07, 6.45) is 1.54. The highest BCUT2D eigenvalue weighted by Crippen LogP contribution is 2.56. The second-order valence-electron chi connectivity index (χ2n) is 7.49. The average molecular weight is 384 g/mol. The van der Waals surface area contributed by atoms with Crippen LogP contribution in [0.1, 0.15) is 24.1 Å². The van der Waals surface area contributed by atoms with Crippen molar-refractivity contribution in [3.8, 4) is 0 Å². The Labute approximate surface area is 153 Å². The van der Waals surface area contributed by atoms with E-state index in [2.05, 4.69) is 9.97 Å². The van der Waals surface area contributed by atoms with Gasteiger partial charge in [0.1, 0.15) is 0 Å². The minimum atomic E-state index is -4.52. The van der Waals surface area contributed by atoms with Crippen LogP contribution in [0, 0.1) is 5.41 Å². The van der Waals surface area contributed by atoms with Gasteiger partial charge in [0.15, 0.2) is 5.69 Å². The van der Waals surface area contributed by atoms with Gasteiger partial charge in [-0.1, -0.05) is 17.7 Å². The highest BCUT2D eigenvalue weighted by atomic mass is 35.5. The lowest BCUT2D eigenvalue weighted by atomic mass is 9.54. The summed E-state index contributed by atoms with van der Waals surface area (Å²) in [6, 6.07) is 5.05. The van der Waals surface area contributed by atoms with Crippen LogP contribution in [0.2, 0.25) is 5.02 Å². The van der Waals surface area contributed by atoms with Crippen LogP contribution in [-0.4, -0.2) is 33.8 Å². The van der Waals surface area contributed by atoms with E-state index in [4.69, 9.17) is 11.6 Å². The average Bonchev–Trinajstić information content (AvgIpc) is 2.49. The van der Waals surface area contributed by atoms with Crippen molar-refractivity contribution in [1.82, 2.24) is 9.97 Å². The molecule has 0 unspecified atom stereocenters. The molecular formula is C18H17ClF3N3O. The number of hydrogen-bond donors (Lipinski definition) is 1. The Kier molecular flexibility index (Phi) is 3.93. The summed E-state index contributed by atoms with van der Waals surface area (Å²) in [4.78, 5) is 9.16. The van der Waals surface area contributed by atoms with Gasteiger partial charge in [-0.15, -0.1) is 0 Å². The Bertz CT molecular complexity index is 814. The van der Waals surface area contributed by atoms with Crippen molar-refractivity contribution >= 4 is 17.3 Å². The number of nitrogens with zero attached hydrogens (tertiary/aromatic N) is 3. The monoisotopic (exact) mass is 383 g/mol. The molecule has 4 nitrogen and oxygen atoms in total. The molecule has 0 amide bonds. The molecule has 0 atom stereocenters. The third-order valence-electron chi connectivity index (χ3n) is 5.16. The van der Waals surface area contributed by atoms with Gasteiger partial charge in [0.05, 0.1) is 16.3 Å². The van der Waals surface area contributed by atoms with E-state index >= 15 is 0 Å². The molecule has 1 spiro atoms. The van der Waals surface area contributed by atoms with Crippen molar-refractivity contribution in [2.45, 2.75) is 31.0 Å². The number of aliphatic hydroxyl groups is 1. The number of pyridine rings is 2. The third kappa shape index (κ3) is 3.14. The molecule has 2 aromatic rings. The fourth-order valence-electron chi connectivity index (χ4n) is 4.40. The van der Waals surface area contributed by atoms with Gasteiger partial charge in [-0.2, -0.15) is 13.2 Å². The lowest BCUT2D eigenvalue weighted by molar-refractivity contribution is -0.145. The molecule has 2 aromatic heterocycles. The van der Waals surface area contributed by atoms with Crippen LogP contribution in [-0.2, 0) is 12.6 Å². The summed E-state index contributed by atoms with van der Waals surface area (Å²) in [5.74, 6) is 0. The van der Waals surface area contributed by atoms with Crippen LogP contribution in [0.5, 0.6) is 0 Å². The molecule has 0 bridgehead atoms. The Balaban J connectivity index is 1.43. The van der Waals surface area contributed by atoms with Gasteiger partial charge in [0, 0.05) is 43.5 Å². The molecule has 0 radical (unpaired) electrons. The summed E-state index contributed by atoms with van der Waals surface area (Å²) in [7, 11) is 0. The van der Waals surface area contributed by atoms with Gasteiger partial charge in [0.2, 0.25) is 0 Å². The number of hydrogen-bond acceptors (Lipinski definition) is 4. The molecule has 4 rings (SSSR count). The van der Waals surface area contributed by atoms with E-state index in [1.54, 1.807) is 17.3 Å². The molecule has 1 aliphatic carbocycles. The molecule has 0 aromatic carbocycles. The van der Waals surface area contributed by atoms with E-state index < -0.39 is 17.5 Å². The highest BCUT2D eigenvalue weighted by molar-refractivity contribution is 6.30. The first kappa shape index (κ1) is 17.5. The van der Waals surface area contributed by atoms with E-state index in [1.165, 1.54) is 6.07 Å². The first-order valence-electron chi connectivity index (χ1n) is 8.27. The van der Waals surface area contributed by atoms with Crippen LogP contribution in [0.15, 0.2) is 36.8 Å². The number of anilines is 1. The number of alkyl halides is 3. The molecule has 1 saturated heterocycles. The zero-order valence-corrected chi connectivity index (χ0v) is 14.6. The molecule has 26 heavy (non-hydrogen) atoms. The van der Waals surface area contributed by atoms with Crippen LogP contribution >= 0.6 is 11.6 Å². The Hall–Kier alpha value is -1.86. The van der Waals surface area contributed by atoms with Crippen molar-refractivity contribution < 1.29 is 18.3 Å². The largest absolute Gasteiger partial charge is 0.435 e. The SMILES string of the molecule is OC1(Cc2cccnc2)CC2(CN(c3cc(Cl)cnc3C(F)(F)F)C2)C1. The van der Waals surface area contributed by atoms with Crippen LogP contribution < -0.4 is 4.90 Å². The molecule has 2 aliphatic rings. The number of aromatic nitrogens is 2. The van der Waals surface area contributed by atoms with Gasteiger partial charge < -0.3 is 10.0 Å². The van der Waals surface area contributed by atoms with Crippen LogP contribution in [0.4, 0.5) is 18.9 Å². The van der Waals surface area contributed by atoms with E-state index in [9.17, 15) is 18.3 Å². The van der Waals surface area contributed by atoms with Crippen molar-refractivity contribution in [3.63, 3.8) is 0 Å². The topological polar surface area (TPSA) is 49.3 Å². The highest BCUT2D eigenvalue weighted by Gasteiger charge is 2.59. The normalized spacial score (nSPS) is 20.6. The summed E-state index contributed by atoms with van der Waals surface area (Å²) < 4.78 is 39.5. The van der Waals surface area contributed by atoms with Gasteiger partial charge in [-0.3, -0.25) is 4.98 Å². The maximum atomic E-state index is 13.2. The fourth-order valence-corrected chi connectivity index (χ4v) is 4.55. The van der Waals surface area contributed by atoms with Gasteiger partial charge >= 0.3 is 6.18 Å². The summed E-state index contributed by atoms with van der Waals surface area (Å²) in [5.41, 5.74) is -0.893. The van der Waals surface area contributed by atoms with Crippen molar-refractivity contribution in [2.24, 2.45) is 5.41 Å².